The first-order valence-corrected chi connectivity index (χ1v) is 7.93. The summed E-state index contributed by atoms with van der Waals surface area (Å²) in [6.07, 6.45) is 0. The van der Waals surface area contributed by atoms with Gasteiger partial charge in [0.2, 0.25) is 0 Å². The molecule has 0 aromatic heterocycles. The van der Waals surface area contributed by atoms with Gasteiger partial charge in [0.1, 0.15) is 5.75 Å². The number of aryl methyl sites for hydroxylation is 1. The van der Waals surface area contributed by atoms with Crippen molar-refractivity contribution in [2.75, 3.05) is 11.9 Å². The van der Waals surface area contributed by atoms with Crippen LogP contribution in [0.2, 0.25) is 0 Å². The third-order valence-corrected chi connectivity index (χ3v) is 3.97. The lowest BCUT2D eigenvalue weighted by Gasteiger charge is -2.18. The second-order valence-electron chi connectivity index (χ2n) is 4.83. The molecule has 0 spiro atoms. The van der Waals surface area contributed by atoms with Gasteiger partial charge in [-0.25, -0.2) is 0 Å². The summed E-state index contributed by atoms with van der Waals surface area (Å²) in [5, 5.41) is 3.56. The maximum absolute atomic E-state index is 5.52. The first kappa shape index (κ1) is 15.2. The van der Waals surface area contributed by atoms with Gasteiger partial charge in [0.05, 0.1) is 6.61 Å². The van der Waals surface area contributed by atoms with E-state index in [0.29, 0.717) is 6.61 Å². The SMILES string of the molecule is CCOc1ccc(NC(C)c2ccc(I)cc2)c(C)c1. The second-order valence-corrected chi connectivity index (χ2v) is 6.07. The van der Waals surface area contributed by atoms with Crippen LogP contribution in [0.5, 0.6) is 5.75 Å². The Labute approximate surface area is 134 Å². The average Bonchev–Trinajstić information content (AvgIpc) is 2.43. The number of rotatable bonds is 5. The number of halogens is 1. The Morgan fingerprint density at radius 2 is 1.85 bits per heavy atom. The summed E-state index contributed by atoms with van der Waals surface area (Å²) in [7, 11) is 0. The van der Waals surface area contributed by atoms with Gasteiger partial charge in [-0.15, -0.1) is 0 Å². The standard InChI is InChI=1S/C17H20INO/c1-4-20-16-9-10-17(12(2)11-16)19-13(3)14-5-7-15(18)8-6-14/h5-11,13,19H,4H2,1-3H3. The Balaban J connectivity index is 2.11. The van der Waals surface area contributed by atoms with E-state index in [1.165, 1.54) is 14.7 Å². The minimum Gasteiger partial charge on any atom is -0.494 e. The molecule has 0 saturated heterocycles. The average molecular weight is 381 g/mol. The third-order valence-electron chi connectivity index (χ3n) is 3.25. The lowest BCUT2D eigenvalue weighted by molar-refractivity contribution is 0.340. The van der Waals surface area contributed by atoms with Gasteiger partial charge in [0, 0.05) is 15.3 Å². The molecule has 0 amide bonds. The maximum Gasteiger partial charge on any atom is 0.119 e. The van der Waals surface area contributed by atoms with Crippen molar-refractivity contribution in [1.29, 1.82) is 0 Å². The summed E-state index contributed by atoms with van der Waals surface area (Å²) in [6.45, 7) is 6.98. The molecule has 1 N–H and O–H groups in total. The molecule has 2 aromatic carbocycles. The highest BCUT2D eigenvalue weighted by molar-refractivity contribution is 14.1. The molecule has 106 valence electrons. The quantitative estimate of drug-likeness (QED) is 0.722. The number of benzene rings is 2. The van der Waals surface area contributed by atoms with Crippen molar-refractivity contribution in [3.63, 3.8) is 0 Å². The fourth-order valence-corrected chi connectivity index (χ4v) is 2.48. The van der Waals surface area contributed by atoms with Gasteiger partial charge in [0.25, 0.3) is 0 Å². The zero-order valence-electron chi connectivity index (χ0n) is 12.1. The summed E-state index contributed by atoms with van der Waals surface area (Å²) in [4.78, 5) is 0. The van der Waals surface area contributed by atoms with Crippen molar-refractivity contribution in [2.24, 2.45) is 0 Å². The van der Waals surface area contributed by atoms with E-state index in [1.54, 1.807) is 0 Å². The van der Waals surface area contributed by atoms with E-state index in [2.05, 4.69) is 78.2 Å². The summed E-state index contributed by atoms with van der Waals surface area (Å²) in [6, 6.07) is 15.1. The molecule has 2 rings (SSSR count). The Bertz CT molecular complexity index is 566. The number of ether oxygens (including phenoxy) is 1. The molecule has 1 atom stereocenters. The van der Waals surface area contributed by atoms with Crippen molar-refractivity contribution < 1.29 is 4.74 Å². The van der Waals surface area contributed by atoms with Crippen LogP contribution in [0.25, 0.3) is 0 Å². The molecular formula is C17H20INO. The monoisotopic (exact) mass is 381 g/mol. The molecule has 0 saturated carbocycles. The Morgan fingerprint density at radius 1 is 1.15 bits per heavy atom. The number of anilines is 1. The summed E-state index contributed by atoms with van der Waals surface area (Å²) in [5.41, 5.74) is 3.64. The molecule has 0 aliphatic heterocycles. The zero-order chi connectivity index (χ0) is 14.5. The molecule has 0 radical (unpaired) electrons. The Hall–Kier alpha value is -1.23. The van der Waals surface area contributed by atoms with Gasteiger partial charge in [-0.2, -0.15) is 0 Å². The lowest BCUT2D eigenvalue weighted by atomic mass is 10.1. The van der Waals surface area contributed by atoms with Crippen LogP contribution in [0, 0.1) is 10.5 Å². The van der Waals surface area contributed by atoms with Crippen LogP contribution in [0.15, 0.2) is 42.5 Å². The topological polar surface area (TPSA) is 21.3 Å². The van der Waals surface area contributed by atoms with Gasteiger partial charge < -0.3 is 10.1 Å². The zero-order valence-corrected chi connectivity index (χ0v) is 14.3. The Kier molecular flexibility index (Phi) is 5.29. The van der Waals surface area contributed by atoms with Crippen molar-refractivity contribution in [3.8, 4) is 5.75 Å². The van der Waals surface area contributed by atoms with E-state index in [-0.39, 0.29) is 6.04 Å². The molecule has 0 heterocycles. The molecule has 2 aromatic rings. The molecule has 0 aliphatic carbocycles. The highest BCUT2D eigenvalue weighted by Gasteiger charge is 2.07. The van der Waals surface area contributed by atoms with Gasteiger partial charge in [0.15, 0.2) is 0 Å². The number of hydrogen-bond acceptors (Lipinski definition) is 2. The fourth-order valence-electron chi connectivity index (χ4n) is 2.12. The molecule has 1 unspecified atom stereocenters. The van der Waals surface area contributed by atoms with Crippen LogP contribution in [-0.4, -0.2) is 6.61 Å². The normalized spacial score (nSPS) is 12.0. The van der Waals surface area contributed by atoms with Gasteiger partial charge in [-0.3, -0.25) is 0 Å². The van der Waals surface area contributed by atoms with Crippen LogP contribution < -0.4 is 10.1 Å². The molecule has 3 heteroatoms. The van der Waals surface area contributed by atoms with Gasteiger partial charge in [-0.05, 0) is 84.8 Å². The first-order valence-electron chi connectivity index (χ1n) is 6.85. The van der Waals surface area contributed by atoms with Crippen molar-refractivity contribution >= 4 is 28.3 Å². The molecular weight excluding hydrogens is 361 g/mol. The summed E-state index contributed by atoms with van der Waals surface area (Å²) >= 11 is 2.33. The smallest absolute Gasteiger partial charge is 0.119 e. The van der Waals surface area contributed by atoms with Crippen LogP contribution in [0.4, 0.5) is 5.69 Å². The number of hydrogen-bond donors (Lipinski definition) is 1. The molecule has 20 heavy (non-hydrogen) atoms. The molecule has 0 aliphatic rings. The van der Waals surface area contributed by atoms with Crippen molar-refractivity contribution in [1.82, 2.24) is 0 Å². The van der Waals surface area contributed by atoms with E-state index < -0.39 is 0 Å². The highest BCUT2D eigenvalue weighted by Crippen LogP contribution is 2.25. The van der Waals surface area contributed by atoms with E-state index in [1.807, 2.05) is 13.0 Å². The van der Waals surface area contributed by atoms with Gasteiger partial charge >= 0.3 is 0 Å². The maximum atomic E-state index is 5.52. The van der Waals surface area contributed by atoms with E-state index in [4.69, 9.17) is 4.74 Å². The van der Waals surface area contributed by atoms with Crippen molar-refractivity contribution in [3.05, 3.63) is 57.2 Å². The van der Waals surface area contributed by atoms with Crippen LogP contribution in [0.3, 0.4) is 0 Å². The van der Waals surface area contributed by atoms with Crippen LogP contribution in [0.1, 0.15) is 31.0 Å². The van der Waals surface area contributed by atoms with E-state index >= 15 is 0 Å². The largest absolute Gasteiger partial charge is 0.494 e. The van der Waals surface area contributed by atoms with E-state index in [0.717, 1.165) is 11.4 Å². The van der Waals surface area contributed by atoms with Crippen LogP contribution in [-0.2, 0) is 0 Å². The fraction of sp³-hybridized carbons (Fsp3) is 0.294. The first-order chi connectivity index (χ1) is 9.60. The van der Waals surface area contributed by atoms with E-state index in [9.17, 15) is 0 Å². The lowest BCUT2D eigenvalue weighted by Crippen LogP contribution is -2.07. The minimum atomic E-state index is 0.281. The predicted octanol–water partition coefficient (Wildman–Crippen LogP) is 5.17. The molecule has 0 bridgehead atoms. The predicted molar refractivity (Wildman–Crippen MR) is 93.5 cm³/mol. The van der Waals surface area contributed by atoms with Gasteiger partial charge in [-0.1, -0.05) is 12.1 Å². The molecule has 0 fully saturated rings. The van der Waals surface area contributed by atoms with Crippen molar-refractivity contribution in [2.45, 2.75) is 26.8 Å². The second kappa shape index (κ2) is 6.97. The highest BCUT2D eigenvalue weighted by atomic mass is 127. The minimum absolute atomic E-state index is 0.281. The third kappa shape index (κ3) is 3.88. The Morgan fingerprint density at radius 3 is 2.45 bits per heavy atom. The molecule has 2 nitrogen and oxygen atoms in total. The summed E-state index contributed by atoms with van der Waals surface area (Å²) in [5.74, 6) is 0.928. The summed E-state index contributed by atoms with van der Waals surface area (Å²) < 4.78 is 6.78. The van der Waals surface area contributed by atoms with Crippen LogP contribution >= 0.6 is 22.6 Å². The number of nitrogens with one attached hydrogen (secondary N) is 1.